The number of rotatable bonds is 9. The van der Waals surface area contributed by atoms with Gasteiger partial charge >= 0.3 is 7.75 Å². The molecule has 26 heavy (non-hydrogen) atoms. The number of aromatic nitrogens is 3. The van der Waals surface area contributed by atoms with Crippen LogP contribution >= 0.6 is 7.75 Å². The Kier molecular flexibility index (Phi) is 6.24. The minimum absolute atomic E-state index is 0.0709. The highest BCUT2D eigenvalue weighted by molar-refractivity contribution is 7.50. The van der Waals surface area contributed by atoms with Crippen LogP contribution in [0.15, 0.2) is 6.33 Å². The first kappa shape index (κ1) is 20.6. The lowest BCUT2D eigenvalue weighted by Crippen LogP contribution is -2.45. The fourth-order valence-electron chi connectivity index (χ4n) is 2.18. The number of hydrogen-bond acceptors (Lipinski definition) is 9. The van der Waals surface area contributed by atoms with Crippen molar-refractivity contribution in [3.8, 4) is 0 Å². The van der Waals surface area contributed by atoms with Crippen LogP contribution in [-0.4, -0.2) is 73.0 Å². The zero-order valence-corrected chi connectivity index (χ0v) is 14.7. The minimum Gasteiger partial charge on any atom is -0.394 e. The van der Waals surface area contributed by atoms with E-state index in [9.17, 15) is 24.2 Å². The van der Waals surface area contributed by atoms with Gasteiger partial charge in [-0.05, 0) is 6.92 Å². The van der Waals surface area contributed by atoms with E-state index >= 15 is 0 Å². The molecule has 1 aromatic rings. The summed E-state index contributed by atoms with van der Waals surface area (Å²) in [4.78, 5) is 35.3. The Morgan fingerprint density at radius 1 is 1.69 bits per heavy atom. The van der Waals surface area contributed by atoms with Crippen molar-refractivity contribution in [3.63, 3.8) is 0 Å². The molecule has 1 aliphatic rings. The summed E-state index contributed by atoms with van der Waals surface area (Å²) in [6.07, 6.45) is -1.24. The van der Waals surface area contributed by atoms with E-state index < -0.39 is 50.8 Å². The Balaban J connectivity index is 1.94. The second kappa shape index (κ2) is 7.88. The number of primary amides is 1. The molecule has 1 unspecified atom stereocenters. The topological polar surface area (TPSA) is 199 Å². The maximum atomic E-state index is 12.0. The van der Waals surface area contributed by atoms with Gasteiger partial charge in [-0.15, -0.1) is 5.10 Å². The summed E-state index contributed by atoms with van der Waals surface area (Å²) >= 11 is 0. The fraction of sp³-hybridized carbons (Fsp3) is 0.667. The molecule has 6 N–H and O–H groups in total. The Morgan fingerprint density at radius 2 is 2.38 bits per heavy atom. The number of aliphatic hydroxyl groups excluding tert-OH is 2. The number of nitrogens with two attached hydrogens (primary N) is 1. The van der Waals surface area contributed by atoms with Crippen molar-refractivity contribution in [2.45, 2.75) is 37.3 Å². The van der Waals surface area contributed by atoms with E-state index in [2.05, 4.69) is 10.1 Å². The zero-order valence-electron chi connectivity index (χ0n) is 13.8. The van der Waals surface area contributed by atoms with Crippen LogP contribution in [0.1, 0.15) is 30.2 Å². The molecule has 0 aliphatic carbocycles. The largest absolute Gasteiger partial charge is 0.403 e. The summed E-state index contributed by atoms with van der Waals surface area (Å²) in [5, 5.41) is 24.9. The van der Waals surface area contributed by atoms with Crippen LogP contribution in [0.2, 0.25) is 0 Å². The summed E-state index contributed by atoms with van der Waals surface area (Å²) in [5.74, 6) is -1.04. The summed E-state index contributed by atoms with van der Waals surface area (Å²) < 4.78 is 23.5. The summed E-state index contributed by atoms with van der Waals surface area (Å²) in [5.41, 5.74) is 3.39. The lowest BCUT2D eigenvalue weighted by atomic mass is 10.1. The lowest BCUT2D eigenvalue weighted by Gasteiger charge is -2.25. The number of carbonyl (C=O) groups is 2. The molecule has 0 saturated carbocycles. The van der Waals surface area contributed by atoms with Gasteiger partial charge in [0.2, 0.25) is 5.82 Å². The van der Waals surface area contributed by atoms with Crippen molar-refractivity contribution in [2.75, 3.05) is 13.2 Å². The molecule has 0 bridgehead atoms. The van der Waals surface area contributed by atoms with Crippen molar-refractivity contribution in [1.29, 1.82) is 0 Å². The van der Waals surface area contributed by atoms with Gasteiger partial charge in [-0.1, -0.05) is 0 Å². The molecule has 0 radical (unpaired) electrons. The molecular weight excluding hydrogens is 373 g/mol. The molecule has 1 aliphatic heterocycles. The van der Waals surface area contributed by atoms with Gasteiger partial charge in [-0.3, -0.25) is 9.32 Å². The molecule has 14 heteroatoms. The number of aldehydes is 1. The monoisotopic (exact) mass is 393 g/mol. The van der Waals surface area contributed by atoms with Crippen molar-refractivity contribution in [1.82, 2.24) is 19.9 Å². The molecule has 1 saturated heterocycles. The number of aliphatic hydroxyl groups is 2. The number of ether oxygens (including phenoxy) is 1. The Morgan fingerprint density at radius 3 is 2.92 bits per heavy atom. The summed E-state index contributed by atoms with van der Waals surface area (Å²) in [6, 6.07) is 0. The first-order chi connectivity index (χ1) is 12.1. The molecule has 1 aromatic heterocycles. The van der Waals surface area contributed by atoms with Crippen LogP contribution in [-0.2, 0) is 18.6 Å². The highest BCUT2D eigenvalue weighted by Crippen LogP contribution is 2.40. The number of nitrogens with zero attached hydrogens (tertiary/aromatic N) is 3. The average molecular weight is 393 g/mol. The molecule has 2 rings (SSSR count). The van der Waals surface area contributed by atoms with E-state index in [1.165, 1.54) is 17.9 Å². The SMILES string of the molecule is C[C@@](C=O)(CO)NP(=O)(O)OC[C@H]1O[C@@H](n2cnc(C(N)=O)n2)C[C@@H]1O. The van der Waals surface area contributed by atoms with Crippen LogP contribution in [0.5, 0.6) is 0 Å². The molecule has 13 nitrogen and oxygen atoms in total. The molecule has 1 fully saturated rings. The lowest BCUT2D eigenvalue weighted by molar-refractivity contribution is -0.113. The predicted molar refractivity (Wildman–Crippen MR) is 83.5 cm³/mol. The van der Waals surface area contributed by atoms with E-state index in [1.54, 1.807) is 0 Å². The van der Waals surface area contributed by atoms with Crippen molar-refractivity contribution in [2.24, 2.45) is 5.73 Å². The second-order valence-corrected chi connectivity index (χ2v) is 7.49. The predicted octanol–water partition coefficient (Wildman–Crippen LogP) is -2.32. The third-order valence-electron chi connectivity index (χ3n) is 3.63. The quantitative estimate of drug-likeness (QED) is 0.223. The fourth-order valence-corrected chi connectivity index (χ4v) is 3.36. The molecule has 2 heterocycles. The summed E-state index contributed by atoms with van der Waals surface area (Å²) in [7, 11) is -4.46. The molecule has 0 aromatic carbocycles. The van der Waals surface area contributed by atoms with Crippen LogP contribution in [0, 0.1) is 0 Å². The first-order valence-electron chi connectivity index (χ1n) is 7.47. The Hall–Kier alpha value is -1.73. The molecule has 5 atom stereocenters. The van der Waals surface area contributed by atoms with E-state index in [1.807, 2.05) is 5.09 Å². The van der Waals surface area contributed by atoms with Crippen molar-refractivity contribution in [3.05, 3.63) is 12.2 Å². The van der Waals surface area contributed by atoms with Gasteiger partial charge in [0.05, 0.1) is 19.3 Å². The highest BCUT2D eigenvalue weighted by Gasteiger charge is 2.39. The third-order valence-corrected chi connectivity index (χ3v) is 4.92. The maximum Gasteiger partial charge on any atom is 0.403 e. The molecule has 0 spiro atoms. The van der Waals surface area contributed by atoms with Crippen LogP contribution < -0.4 is 10.8 Å². The van der Waals surface area contributed by atoms with Gasteiger partial charge in [0.15, 0.2) is 6.23 Å². The minimum atomic E-state index is -4.46. The standard InChI is InChI=1S/C12H20N5O8P/c1-12(4-18,5-19)16-26(22,23)24-3-8-7(20)2-9(25-8)17-6-14-11(15-17)10(13)21/h4,6-9,19-20H,2-3,5H2,1H3,(H2,13,21)(H2,16,22,23)/t7-,8+,9+,12+/m0/s1. The summed E-state index contributed by atoms with van der Waals surface area (Å²) in [6.45, 7) is 0.0178. The normalized spacial score (nSPS) is 27.6. The van der Waals surface area contributed by atoms with Gasteiger partial charge in [-0.2, -0.15) is 0 Å². The maximum absolute atomic E-state index is 12.0. The number of hydrogen-bond donors (Lipinski definition) is 5. The van der Waals surface area contributed by atoms with Gasteiger partial charge in [0.1, 0.15) is 24.3 Å². The highest BCUT2D eigenvalue weighted by atomic mass is 31.2. The number of nitrogens with one attached hydrogen (secondary N) is 1. The molecule has 1 amide bonds. The second-order valence-electron chi connectivity index (χ2n) is 5.97. The van der Waals surface area contributed by atoms with Gasteiger partial charge in [0.25, 0.3) is 5.91 Å². The smallest absolute Gasteiger partial charge is 0.394 e. The average Bonchev–Trinajstić information content (AvgIpc) is 3.19. The van der Waals surface area contributed by atoms with Crippen LogP contribution in [0.3, 0.4) is 0 Å². The van der Waals surface area contributed by atoms with E-state index in [0.29, 0.717) is 0 Å². The van der Waals surface area contributed by atoms with Crippen LogP contribution in [0.25, 0.3) is 0 Å². The Bertz CT molecular complexity index is 714. The van der Waals surface area contributed by atoms with Crippen molar-refractivity contribution >= 4 is 19.9 Å². The van der Waals surface area contributed by atoms with E-state index in [0.717, 1.165) is 0 Å². The van der Waals surface area contributed by atoms with E-state index in [-0.39, 0.29) is 18.5 Å². The Labute approximate surface area is 147 Å². The van der Waals surface area contributed by atoms with Gasteiger partial charge in [-0.25, -0.2) is 19.3 Å². The third kappa shape index (κ3) is 4.92. The number of carbonyl (C=O) groups excluding carboxylic acids is 2. The van der Waals surface area contributed by atoms with Crippen molar-refractivity contribution < 1.29 is 38.5 Å². The van der Waals surface area contributed by atoms with Crippen LogP contribution in [0.4, 0.5) is 0 Å². The molecular formula is C12H20N5O8P. The van der Waals surface area contributed by atoms with Gasteiger partial charge < -0.3 is 30.4 Å². The molecule has 146 valence electrons. The van der Waals surface area contributed by atoms with E-state index in [4.69, 9.17) is 20.1 Å². The number of amides is 1. The van der Waals surface area contributed by atoms with Gasteiger partial charge in [0, 0.05) is 6.42 Å². The zero-order chi connectivity index (χ0) is 19.5. The first-order valence-corrected chi connectivity index (χ1v) is 9.05.